The van der Waals surface area contributed by atoms with Gasteiger partial charge in [0.15, 0.2) is 11.5 Å². The predicted molar refractivity (Wildman–Crippen MR) is 90.8 cm³/mol. The number of benzene rings is 2. The molecule has 3 aromatic rings. The minimum atomic E-state index is -0.222. The molecule has 0 unspecified atom stereocenters. The van der Waals surface area contributed by atoms with E-state index in [9.17, 15) is 4.79 Å². The summed E-state index contributed by atoms with van der Waals surface area (Å²) < 4.78 is 10.5. The predicted octanol–water partition coefficient (Wildman–Crippen LogP) is 3.11. The Balaban J connectivity index is 1.96. The highest BCUT2D eigenvalue weighted by atomic mass is 16.5. The summed E-state index contributed by atoms with van der Waals surface area (Å²) in [5.74, 6) is 1.29. The molecule has 0 saturated heterocycles. The largest absolute Gasteiger partial charge is 0.493 e. The van der Waals surface area contributed by atoms with Crippen molar-refractivity contribution < 1.29 is 9.47 Å². The molecule has 0 aliphatic carbocycles. The van der Waals surface area contributed by atoms with Crippen molar-refractivity contribution in [3.05, 3.63) is 64.1 Å². The van der Waals surface area contributed by atoms with Gasteiger partial charge in [-0.15, -0.1) is 0 Å². The van der Waals surface area contributed by atoms with Gasteiger partial charge in [-0.05, 0) is 35.9 Å². The monoisotopic (exact) mass is 308 g/mol. The molecule has 0 bridgehead atoms. The van der Waals surface area contributed by atoms with E-state index in [0.29, 0.717) is 17.2 Å². The van der Waals surface area contributed by atoms with E-state index in [1.807, 2.05) is 48.5 Å². The van der Waals surface area contributed by atoms with Crippen molar-refractivity contribution in [2.75, 3.05) is 14.2 Å². The lowest BCUT2D eigenvalue weighted by Gasteiger charge is -2.07. The second kappa shape index (κ2) is 6.36. The first kappa shape index (κ1) is 14.8. The van der Waals surface area contributed by atoms with Crippen LogP contribution in [-0.4, -0.2) is 24.2 Å². The van der Waals surface area contributed by atoms with Crippen LogP contribution in [-0.2, 0) is 0 Å². The molecule has 5 heteroatoms. The van der Waals surface area contributed by atoms with Gasteiger partial charge in [-0.2, -0.15) is 0 Å². The number of H-pyrrole nitrogens is 1. The van der Waals surface area contributed by atoms with Gasteiger partial charge >= 0.3 is 0 Å². The van der Waals surface area contributed by atoms with Gasteiger partial charge in [-0.1, -0.05) is 24.3 Å². The molecule has 23 heavy (non-hydrogen) atoms. The van der Waals surface area contributed by atoms with Crippen LogP contribution in [0.5, 0.6) is 11.5 Å². The molecule has 0 amide bonds. The minimum Gasteiger partial charge on any atom is -0.493 e. The van der Waals surface area contributed by atoms with Crippen LogP contribution in [0.25, 0.3) is 23.2 Å². The maximum atomic E-state index is 12.1. The first-order valence-electron chi connectivity index (χ1n) is 7.10. The Morgan fingerprint density at radius 3 is 2.57 bits per heavy atom. The van der Waals surface area contributed by atoms with Crippen LogP contribution in [0.2, 0.25) is 0 Å². The number of nitrogens with one attached hydrogen (secondary N) is 1. The molecular weight excluding hydrogens is 292 g/mol. The number of ether oxygens (including phenoxy) is 2. The summed E-state index contributed by atoms with van der Waals surface area (Å²) in [4.78, 5) is 19.3. The number of nitrogens with zero attached hydrogens (tertiary/aromatic N) is 1. The number of methoxy groups -OCH3 is 2. The Bertz CT molecular complexity index is 929. The summed E-state index contributed by atoms with van der Waals surface area (Å²) in [7, 11) is 3.17. The van der Waals surface area contributed by atoms with Crippen molar-refractivity contribution in [1.82, 2.24) is 9.97 Å². The van der Waals surface area contributed by atoms with Crippen molar-refractivity contribution in [2.45, 2.75) is 0 Å². The van der Waals surface area contributed by atoms with Gasteiger partial charge in [0.1, 0.15) is 5.69 Å². The SMILES string of the molecule is COc1ccc(/C=C/c2nc3ccccc3[nH]c2=O)cc1OC. The highest BCUT2D eigenvalue weighted by molar-refractivity contribution is 5.76. The number of aromatic amines is 1. The molecule has 0 atom stereocenters. The highest BCUT2D eigenvalue weighted by Crippen LogP contribution is 2.28. The van der Waals surface area contributed by atoms with Crippen molar-refractivity contribution in [3.63, 3.8) is 0 Å². The summed E-state index contributed by atoms with van der Waals surface area (Å²) in [6.07, 6.45) is 3.50. The number of hydrogen-bond acceptors (Lipinski definition) is 4. The van der Waals surface area contributed by atoms with Gasteiger partial charge in [-0.3, -0.25) is 4.79 Å². The van der Waals surface area contributed by atoms with Gasteiger partial charge in [0.25, 0.3) is 5.56 Å². The number of rotatable bonds is 4. The Labute approximate surface area is 133 Å². The fourth-order valence-corrected chi connectivity index (χ4v) is 2.29. The van der Waals surface area contributed by atoms with Crippen molar-refractivity contribution >= 4 is 23.2 Å². The van der Waals surface area contributed by atoms with Crippen LogP contribution in [0.4, 0.5) is 0 Å². The molecule has 1 aromatic heterocycles. The summed E-state index contributed by atoms with van der Waals surface area (Å²) in [6.45, 7) is 0. The minimum absolute atomic E-state index is 0.222. The Hall–Kier alpha value is -3.08. The quantitative estimate of drug-likeness (QED) is 0.804. The van der Waals surface area contributed by atoms with Crippen LogP contribution >= 0.6 is 0 Å². The van der Waals surface area contributed by atoms with E-state index in [4.69, 9.17) is 9.47 Å². The maximum Gasteiger partial charge on any atom is 0.274 e. The number of para-hydroxylation sites is 2. The third kappa shape index (κ3) is 3.08. The number of aromatic nitrogens is 2. The Morgan fingerprint density at radius 1 is 1.00 bits per heavy atom. The van der Waals surface area contributed by atoms with Crippen LogP contribution in [0.15, 0.2) is 47.3 Å². The van der Waals surface area contributed by atoms with Crippen LogP contribution in [0.3, 0.4) is 0 Å². The van der Waals surface area contributed by atoms with E-state index in [0.717, 1.165) is 16.6 Å². The maximum absolute atomic E-state index is 12.1. The summed E-state index contributed by atoms with van der Waals surface area (Å²) in [5.41, 5.74) is 2.50. The van der Waals surface area contributed by atoms with Crippen molar-refractivity contribution in [2.24, 2.45) is 0 Å². The average Bonchev–Trinajstić information content (AvgIpc) is 2.59. The first-order chi connectivity index (χ1) is 11.2. The zero-order valence-electron chi connectivity index (χ0n) is 12.9. The van der Waals surface area contributed by atoms with Crippen molar-refractivity contribution in [1.29, 1.82) is 0 Å². The van der Waals surface area contributed by atoms with Crippen LogP contribution in [0, 0.1) is 0 Å². The van der Waals surface area contributed by atoms with Crippen LogP contribution in [0.1, 0.15) is 11.3 Å². The highest BCUT2D eigenvalue weighted by Gasteiger charge is 2.04. The van der Waals surface area contributed by atoms with Gasteiger partial charge < -0.3 is 14.5 Å². The molecule has 5 nitrogen and oxygen atoms in total. The molecule has 1 N–H and O–H groups in total. The van der Waals surface area contributed by atoms with E-state index < -0.39 is 0 Å². The lowest BCUT2D eigenvalue weighted by molar-refractivity contribution is 0.355. The molecule has 0 saturated carbocycles. The molecule has 3 rings (SSSR count). The van der Waals surface area contributed by atoms with E-state index in [1.54, 1.807) is 20.3 Å². The second-order valence-corrected chi connectivity index (χ2v) is 4.92. The topological polar surface area (TPSA) is 64.2 Å². The molecule has 0 spiro atoms. The summed E-state index contributed by atoms with van der Waals surface area (Å²) in [6, 6.07) is 13.0. The summed E-state index contributed by atoms with van der Waals surface area (Å²) >= 11 is 0. The van der Waals surface area contributed by atoms with E-state index >= 15 is 0 Å². The fraction of sp³-hybridized carbons (Fsp3) is 0.111. The van der Waals surface area contributed by atoms with E-state index in [2.05, 4.69) is 9.97 Å². The lowest BCUT2D eigenvalue weighted by Crippen LogP contribution is -2.11. The molecule has 0 fully saturated rings. The zero-order chi connectivity index (χ0) is 16.2. The molecule has 1 heterocycles. The molecule has 116 valence electrons. The molecule has 2 aromatic carbocycles. The van der Waals surface area contributed by atoms with Crippen molar-refractivity contribution in [3.8, 4) is 11.5 Å². The Kier molecular flexibility index (Phi) is 4.10. The number of fused-ring (bicyclic) bond motifs is 1. The van der Waals surface area contributed by atoms with E-state index in [1.165, 1.54) is 0 Å². The standard InChI is InChI=1S/C18H16N2O3/c1-22-16-10-8-12(11-17(16)23-2)7-9-15-18(21)20-14-6-4-3-5-13(14)19-15/h3-11H,1-2H3,(H,20,21)/b9-7+. The van der Waals surface area contributed by atoms with Crippen LogP contribution < -0.4 is 15.0 Å². The van der Waals surface area contributed by atoms with E-state index in [-0.39, 0.29) is 5.56 Å². The average molecular weight is 308 g/mol. The fourth-order valence-electron chi connectivity index (χ4n) is 2.29. The molecule has 0 radical (unpaired) electrons. The smallest absolute Gasteiger partial charge is 0.274 e. The van der Waals surface area contributed by atoms with Gasteiger partial charge in [0, 0.05) is 0 Å². The molecule has 0 aliphatic rings. The normalized spacial score (nSPS) is 11.0. The van der Waals surface area contributed by atoms with Gasteiger partial charge in [-0.25, -0.2) is 4.98 Å². The Morgan fingerprint density at radius 2 is 1.78 bits per heavy atom. The third-order valence-electron chi connectivity index (χ3n) is 3.47. The number of hydrogen-bond donors (Lipinski definition) is 1. The zero-order valence-corrected chi connectivity index (χ0v) is 12.9. The summed E-state index contributed by atoms with van der Waals surface area (Å²) in [5, 5.41) is 0. The van der Waals surface area contributed by atoms with Gasteiger partial charge in [0.2, 0.25) is 0 Å². The molecule has 0 aliphatic heterocycles. The first-order valence-corrected chi connectivity index (χ1v) is 7.10. The third-order valence-corrected chi connectivity index (χ3v) is 3.47. The molecular formula is C18H16N2O3. The lowest BCUT2D eigenvalue weighted by atomic mass is 10.1. The second-order valence-electron chi connectivity index (χ2n) is 4.92. The van der Waals surface area contributed by atoms with Gasteiger partial charge in [0.05, 0.1) is 25.3 Å².